The Hall–Kier alpha value is -3.48. The first-order chi connectivity index (χ1) is 12.7. The molecule has 0 saturated carbocycles. The predicted octanol–water partition coefficient (Wildman–Crippen LogP) is 3.13. The van der Waals surface area contributed by atoms with Crippen molar-refractivity contribution in [3.63, 3.8) is 0 Å². The van der Waals surface area contributed by atoms with Crippen LogP contribution in [0.2, 0.25) is 0 Å². The van der Waals surface area contributed by atoms with Gasteiger partial charge in [-0.1, -0.05) is 6.07 Å². The number of amides is 1. The molecule has 2 N–H and O–H groups in total. The average molecular weight is 349 g/mol. The van der Waals surface area contributed by atoms with E-state index < -0.39 is 0 Å². The van der Waals surface area contributed by atoms with Crippen LogP contribution < -0.4 is 15.4 Å². The lowest BCUT2D eigenvalue weighted by Gasteiger charge is -2.08. The van der Waals surface area contributed by atoms with E-state index in [9.17, 15) is 4.79 Å². The highest BCUT2D eigenvalue weighted by Gasteiger charge is 2.09. The Labute approximate surface area is 151 Å². The number of nitrogens with one attached hydrogen (secondary N) is 2. The smallest absolute Gasteiger partial charge is 0.275 e. The fourth-order valence-corrected chi connectivity index (χ4v) is 2.22. The van der Waals surface area contributed by atoms with Gasteiger partial charge in [-0.25, -0.2) is 9.97 Å². The summed E-state index contributed by atoms with van der Waals surface area (Å²) in [5.74, 6) is 1.01. The van der Waals surface area contributed by atoms with E-state index in [1.54, 1.807) is 30.5 Å². The molecule has 2 heterocycles. The van der Waals surface area contributed by atoms with Crippen LogP contribution in [-0.2, 0) is 6.54 Å². The number of anilines is 2. The molecule has 0 saturated heterocycles. The molecule has 0 radical (unpaired) electrons. The Balaban J connectivity index is 1.56. The molecule has 0 aliphatic heterocycles. The Bertz CT molecular complexity index is 836. The van der Waals surface area contributed by atoms with E-state index in [-0.39, 0.29) is 11.6 Å². The Morgan fingerprint density at radius 3 is 2.54 bits per heavy atom. The van der Waals surface area contributed by atoms with Gasteiger partial charge in [0.15, 0.2) is 0 Å². The third-order valence-electron chi connectivity index (χ3n) is 3.48. The lowest BCUT2D eigenvalue weighted by Crippen LogP contribution is -2.14. The fraction of sp³-hybridized carbons (Fsp3) is 0.158. The van der Waals surface area contributed by atoms with E-state index in [4.69, 9.17) is 4.74 Å². The monoisotopic (exact) mass is 349 g/mol. The van der Waals surface area contributed by atoms with Crippen molar-refractivity contribution in [2.24, 2.45) is 0 Å². The molecule has 3 aromatic rings. The predicted molar refractivity (Wildman–Crippen MR) is 99.2 cm³/mol. The normalized spacial score (nSPS) is 10.2. The van der Waals surface area contributed by atoms with Gasteiger partial charge in [0.05, 0.1) is 31.2 Å². The van der Waals surface area contributed by atoms with Crippen LogP contribution in [0.15, 0.2) is 61.1 Å². The molecule has 0 atom stereocenters. The first-order valence-electron chi connectivity index (χ1n) is 8.24. The van der Waals surface area contributed by atoms with Gasteiger partial charge in [-0.05, 0) is 43.3 Å². The summed E-state index contributed by atoms with van der Waals surface area (Å²) < 4.78 is 5.37. The van der Waals surface area contributed by atoms with Crippen molar-refractivity contribution in [2.75, 3.05) is 17.2 Å². The molecular weight excluding hydrogens is 330 g/mol. The molecular formula is C19H19N5O2. The molecule has 1 aromatic carbocycles. The Kier molecular flexibility index (Phi) is 5.72. The zero-order valence-electron chi connectivity index (χ0n) is 14.3. The maximum atomic E-state index is 12.2. The van der Waals surface area contributed by atoms with Crippen LogP contribution in [0.25, 0.3) is 0 Å². The summed E-state index contributed by atoms with van der Waals surface area (Å²) in [4.78, 5) is 24.8. The van der Waals surface area contributed by atoms with E-state index in [1.165, 1.54) is 12.4 Å². The largest absolute Gasteiger partial charge is 0.494 e. The van der Waals surface area contributed by atoms with Crippen molar-refractivity contribution in [3.05, 3.63) is 72.4 Å². The van der Waals surface area contributed by atoms with Crippen molar-refractivity contribution >= 4 is 17.4 Å². The molecule has 1 amide bonds. The number of rotatable bonds is 7. The van der Waals surface area contributed by atoms with Crippen molar-refractivity contribution in [1.82, 2.24) is 15.0 Å². The molecule has 0 spiro atoms. The Morgan fingerprint density at radius 2 is 1.88 bits per heavy atom. The molecule has 0 bridgehead atoms. The van der Waals surface area contributed by atoms with Crippen molar-refractivity contribution in [3.8, 4) is 5.75 Å². The number of pyridine rings is 1. The standard InChI is InChI=1S/C19H19N5O2/c1-2-26-16-8-6-14(7-9-16)24-19(25)17-12-23-18(13-21-17)22-11-15-5-3-4-10-20-15/h3-10,12-13H,2,11H2,1H3,(H,22,23)(H,24,25). The third-order valence-corrected chi connectivity index (χ3v) is 3.48. The minimum atomic E-state index is -0.321. The maximum Gasteiger partial charge on any atom is 0.275 e. The quantitative estimate of drug-likeness (QED) is 0.681. The maximum absolute atomic E-state index is 12.2. The molecule has 0 aliphatic rings. The van der Waals surface area contributed by atoms with Crippen LogP contribution in [0.1, 0.15) is 23.1 Å². The first-order valence-corrected chi connectivity index (χ1v) is 8.24. The second-order valence-electron chi connectivity index (χ2n) is 5.37. The number of aromatic nitrogens is 3. The number of benzene rings is 1. The summed E-state index contributed by atoms with van der Waals surface area (Å²) in [5, 5.41) is 5.89. The van der Waals surface area contributed by atoms with Gasteiger partial charge in [0.2, 0.25) is 0 Å². The van der Waals surface area contributed by atoms with Crippen LogP contribution >= 0.6 is 0 Å². The van der Waals surface area contributed by atoms with Gasteiger partial charge < -0.3 is 15.4 Å². The van der Waals surface area contributed by atoms with E-state index in [1.807, 2.05) is 25.1 Å². The van der Waals surface area contributed by atoms with Crippen molar-refractivity contribution < 1.29 is 9.53 Å². The van der Waals surface area contributed by atoms with E-state index in [2.05, 4.69) is 25.6 Å². The van der Waals surface area contributed by atoms with Gasteiger partial charge in [-0.15, -0.1) is 0 Å². The number of ether oxygens (including phenoxy) is 1. The summed E-state index contributed by atoms with van der Waals surface area (Å²) in [7, 11) is 0. The van der Waals surface area contributed by atoms with Crippen LogP contribution in [-0.4, -0.2) is 27.5 Å². The minimum Gasteiger partial charge on any atom is -0.494 e. The highest BCUT2D eigenvalue weighted by Crippen LogP contribution is 2.16. The van der Waals surface area contributed by atoms with E-state index in [0.29, 0.717) is 24.7 Å². The number of carbonyl (C=O) groups excluding carboxylic acids is 1. The first kappa shape index (κ1) is 17.3. The summed E-state index contributed by atoms with van der Waals surface area (Å²) >= 11 is 0. The van der Waals surface area contributed by atoms with Crippen LogP contribution in [0.5, 0.6) is 5.75 Å². The minimum absolute atomic E-state index is 0.238. The molecule has 0 aliphatic carbocycles. The molecule has 0 fully saturated rings. The van der Waals surface area contributed by atoms with Gasteiger partial charge in [0, 0.05) is 11.9 Å². The highest BCUT2D eigenvalue weighted by atomic mass is 16.5. The average Bonchev–Trinajstić information content (AvgIpc) is 2.69. The number of hydrogen-bond acceptors (Lipinski definition) is 6. The zero-order chi connectivity index (χ0) is 18.2. The lowest BCUT2D eigenvalue weighted by atomic mass is 10.3. The van der Waals surface area contributed by atoms with Crippen LogP contribution in [0.3, 0.4) is 0 Å². The molecule has 3 rings (SSSR count). The third kappa shape index (κ3) is 4.76. The summed E-state index contributed by atoms with van der Waals surface area (Å²) in [6.07, 6.45) is 4.69. The van der Waals surface area contributed by atoms with Gasteiger partial charge in [0.1, 0.15) is 17.3 Å². The summed E-state index contributed by atoms with van der Waals surface area (Å²) in [5.41, 5.74) is 1.80. The van der Waals surface area contributed by atoms with Crippen LogP contribution in [0.4, 0.5) is 11.5 Å². The van der Waals surface area contributed by atoms with Crippen molar-refractivity contribution in [1.29, 1.82) is 0 Å². The van der Waals surface area contributed by atoms with Crippen LogP contribution in [0, 0.1) is 0 Å². The topological polar surface area (TPSA) is 89.0 Å². The fourth-order valence-electron chi connectivity index (χ4n) is 2.22. The molecule has 7 heteroatoms. The SMILES string of the molecule is CCOc1ccc(NC(=O)c2cnc(NCc3ccccn3)cn2)cc1. The molecule has 7 nitrogen and oxygen atoms in total. The molecule has 2 aromatic heterocycles. The zero-order valence-corrected chi connectivity index (χ0v) is 14.3. The molecule has 0 unspecified atom stereocenters. The molecule has 26 heavy (non-hydrogen) atoms. The van der Waals surface area contributed by atoms with Gasteiger partial charge in [-0.3, -0.25) is 9.78 Å². The molecule has 132 valence electrons. The number of carbonyl (C=O) groups is 1. The van der Waals surface area contributed by atoms with E-state index >= 15 is 0 Å². The number of nitrogens with zero attached hydrogens (tertiary/aromatic N) is 3. The second kappa shape index (κ2) is 8.57. The second-order valence-corrected chi connectivity index (χ2v) is 5.37. The van der Waals surface area contributed by atoms with Gasteiger partial charge in [-0.2, -0.15) is 0 Å². The lowest BCUT2D eigenvalue weighted by molar-refractivity contribution is 0.102. The summed E-state index contributed by atoms with van der Waals surface area (Å²) in [6, 6.07) is 12.9. The number of hydrogen-bond donors (Lipinski definition) is 2. The van der Waals surface area contributed by atoms with E-state index in [0.717, 1.165) is 11.4 Å². The van der Waals surface area contributed by atoms with Gasteiger partial charge in [0.25, 0.3) is 5.91 Å². The van der Waals surface area contributed by atoms with Gasteiger partial charge >= 0.3 is 0 Å². The Morgan fingerprint density at radius 1 is 1.04 bits per heavy atom. The highest BCUT2D eigenvalue weighted by molar-refractivity contribution is 6.02. The van der Waals surface area contributed by atoms with Crippen molar-refractivity contribution in [2.45, 2.75) is 13.5 Å². The summed E-state index contributed by atoms with van der Waals surface area (Å²) in [6.45, 7) is 3.05.